The summed E-state index contributed by atoms with van der Waals surface area (Å²) in [6.07, 6.45) is 5.06. The monoisotopic (exact) mass is 592 g/mol. The number of anilines is 1. The standard InChI is InChI=1S/C25H29BrN4O4S2/c1-3-30-20(14-34-17-12-10-16(26)11-13-17)28-29-25(30)35-15-21(31)27-23-22(24(32)33-4-2)18-8-6-5-7-9-19(18)36-23/h10-13H,3-9,14-15H2,1-2H3,(H,27,31). The highest BCUT2D eigenvalue weighted by Gasteiger charge is 2.26. The average Bonchev–Trinajstić information content (AvgIpc) is 3.34. The lowest BCUT2D eigenvalue weighted by molar-refractivity contribution is -0.113. The molecule has 0 spiro atoms. The number of aromatic nitrogens is 3. The van der Waals surface area contributed by atoms with Crippen LogP contribution in [0.25, 0.3) is 0 Å². The van der Waals surface area contributed by atoms with Crippen LogP contribution in [0.15, 0.2) is 33.9 Å². The van der Waals surface area contributed by atoms with E-state index in [9.17, 15) is 9.59 Å². The van der Waals surface area contributed by atoms with Crippen LogP contribution in [0.1, 0.15) is 59.7 Å². The number of hydrogen-bond donors (Lipinski definition) is 1. The zero-order chi connectivity index (χ0) is 25.5. The molecule has 11 heteroatoms. The molecule has 0 aliphatic heterocycles. The van der Waals surface area contributed by atoms with Gasteiger partial charge in [0.1, 0.15) is 17.4 Å². The van der Waals surface area contributed by atoms with Gasteiger partial charge in [0.15, 0.2) is 11.0 Å². The summed E-state index contributed by atoms with van der Waals surface area (Å²) in [5.41, 5.74) is 1.57. The van der Waals surface area contributed by atoms with E-state index in [2.05, 4.69) is 31.4 Å². The molecule has 0 fully saturated rings. The molecule has 1 aliphatic rings. The lowest BCUT2D eigenvalue weighted by atomic mass is 10.1. The summed E-state index contributed by atoms with van der Waals surface area (Å²) in [7, 11) is 0. The Labute approximate surface area is 227 Å². The number of esters is 1. The number of nitrogens with zero attached hydrogens (tertiary/aromatic N) is 3. The summed E-state index contributed by atoms with van der Waals surface area (Å²) in [4.78, 5) is 26.8. The summed E-state index contributed by atoms with van der Waals surface area (Å²) in [6, 6.07) is 7.59. The predicted molar refractivity (Wildman–Crippen MR) is 145 cm³/mol. The van der Waals surface area contributed by atoms with Crippen molar-refractivity contribution in [2.24, 2.45) is 0 Å². The highest BCUT2D eigenvalue weighted by Crippen LogP contribution is 2.38. The van der Waals surface area contributed by atoms with Crippen LogP contribution in [0.4, 0.5) is 5.00 Å². The van der Waals surface area contributed by atoms with Gasteiger partial charge < -0.3 is 19.4 Å². The maximum atomic E-state index is 12.9. The summed E-state index contributed by atoms with van der Waals surface area (Å²) < 4.78 is 14.1. The van der Waals surface area contributed by atoms with Crippen LogP contribution >= 0.6 is 39.0 Å². The molecule has 192 valence electrons. The SMILES string of the molecule is CCOC(=O)c1c(NC(=O)CSc2nnc(COc3ccc(Br)cc3)n2CC)sc2c1CCCCC2. The number of nitrogens with one attached hydrogen (secondary N) is 1. The molecule has 0 bridgehead atoms. The van der Waals surface area contributed by atoms with Crippen LogP contribution in [0.2, 0.25) is 0 Å². The fourth-order valence-corrected chi connectivity index (χ4v) is 6.45. The summed E-state index contributed by atoms with van der Waals surface area (Å²) in [5, 5.41) is 12.7. The number of hydrogen-bond acceptors (Lipinski definition) is 8. The van der Waals surface area contributed by atoms with Crippen LogP contribution in [0, 0.1) is 0 Å². The van der Waals surface area contributed by atoms with Crippen molar-refractivity contribution in [2.75, 3.05) is 17.7 Å². The van der Waals surface area contributed by atoms with Gasteiger partial charge in [0.2, 0.25) is 5.91 Å². The molecule has 0 unspecified atom stereocenters. The number of fused-ring (bicyclic) bond motifs is 1. The van der Waals surface area contributed by atoms with E-state index in [0.717, 1.165) is 47.9 Å². The van der Waals surface area contributed by atoms with Crippen molar-refractivity contribution in [2.45, 2.75) is 64.3 Å². The van der Waals surface area contributed by atoms with Gasteiger partial charge in [-0.3, -0.25) is 4.79 Å². The summed E-state index contributed by atoms with van der Waals surface area (Å²) >= 11 is 6.23. The molecule has 0 atom stereocenters. The number of carbonyl (C=O) groups excluding carboxylic acids is 2. The molecule has 0 saturated carbocycles. The molecule has 1 aliphatic carbocycles. The average molecular weight is 594 g/mol. The van der Waals surface area contributed by atoms with E-state index < -0.39 is 0 Å². The number of amides is 1. The second-order valence-electron chi connectivity index (χ2n) is 8.21. The Morgan fingerprint density at radius 2 is 1.92 bits per heavy atom. The Kier molecular flexibility index (Phi) is 9.44. The van der Waals surface area contributed by atoms with Gasteiger partial charge in [0.05, 0.1) is 17.9 Å². The molecule has 4 rings (SSSR count). The second kappa shape index (κ2) is 12.7. The number of thioether (sulfide) groups is 1. The van der Waals surface area contributed by atoms with Gasteiger partial charge in [-0.2, -0.15) is 0 Å². The second-order valence-corrected chi connectivity index (χ2v) is 11.2. The number of benzene rings is 1. The number of thiophene rings is 1. The van der Waals surface area contributed by atoms with Crippen molar-refractivity contribution in [3.63, 3.8) is 0 Å². The summed E-state index contributed by atoms with van der Waals surface area (Å²) in [5.74, 6) is 1.02. The van der Waals surface area contributed by atoms with E-state index in [1.54, 1.807) is 6.92 Å². The number of aryl methyl sites for hydroxylation is 1. The molecule has 1 aromatic carbocycles. The van der Waals surface area contributed by atoms with Gasteiger partial charge in [0, 0.05) is 15.9 Å². The first kappa shape index (κ1) is 26.7. The highest BCUT2D eigenvalue weighted by molar-refractivity contribution is 9.10. The molecule has 8 nitrogen and oxygen atoms in total. The molecule has 0 radical (unpaired) electrons. The van der Waals surface area contributed by atoms with E-state index in [1.165, 1.54) is 28.0 Å². The number of rotatable bonds is 10. The zero-order valence-corrected chi connectivity index (χ0v) is 23.6. The summed E-state index contributed by atoms with van der Waals surface area (Å²) in [6.45, 7) is 5.02. The van der Waals surface area contributed by atoms with Crippen LogP contribution < -0.4 is 10.1 Å². The van der Waals surface area contributed by atoms with Gasteiger partial charge in [-0.1, -0.05) is 34.1 Å². The van der Waals surface area contributed by atoms with E-state index in [-0.39, 0.29) is 24.2 Å². The lowest BCUT2D eigenvalue weighted by Gasteiger charge is -2.10. The predicted octanol–water partition coefficient (Wildman–Crippen LogP) is 5.88. The molecule has 3 aromatic rings. The Hall–Kier alpha value is -2.37. The fraction of sp³-hybridized carbons (Fsp3) is 0.440. The minimum Gasteiger partial charge on any atom is -0.486 e. The van der Waals surface area contributed by atoms with Gasteiger partial charge in [-0.05, 0) is 69.4 Å². The van der Waals surface area contributed by atoms with E-state index in [4.69, 9.17) is 9.47 Å². The van der Waals surface area contributed by atoms with Crippen molar-refractivity contribution in [3.05, 3.63) is 50.6 Å². The first-order valence-corrected chi connectivity index (χ1v) is 14.6. The molecular formula is C25H29BrN4O4S2. The van der Waals surface area contributed by atoms with Gasteiger partial charge in [-0.15, -0.1) is 21.5 Å². The Balaban J connectivity index is 1.41. The van der Waals surface area contributed by atoms with Crippen molar-refractivity contribution < 1.29 is 19.1 Å². The quantitative estimate of drug-likeness (QED) is 0.178. The third-order valence-electron chi connectivity index (χ3n) is 5.78. The maximum Gasteiger partial charge on any atom is 0.341 e. The van der Waals surface area contributed by atoms with Crippen LogP contribution in [-0.4, -0.2) is 39.0 Å². The Bertz CT molecular complexity index is 1210. The number of halogens is 1. The van der Waals surface area contributed by atoms with Crippen LogP contribution in [-0.2, 0) is 35.5 Å². The normalized spacial score (nSPS) is 13.1. The van der Waals surface area contributed by atoms with Crippen molar-refractivity contribution >= 4 is 55.9 Å². The minimum atomic E-state index is -0.360. The number of carbonyl (C=O) groups is 2. The third kappa shape index (κ3) is 6.49. The molecular weight excluding hydrogens is 564 g/mol. The Morgan fingerprint density at radius 1 is 1.14 bits per heavy atom. The van der Waals surface area contributed by atoms with E-state index >= 15 is 0 Å². The van der Waals surface area contributed by atoms with Gasteiger partial charge in [0.25, 0.3) is 0 Å². The molecule has 2 aromatic heterocycles. The fourth-order valence-electron chi connectivity index (χ4n) is 4.07. The van der Waals surface area contributed by atoms with Gasteiger partial charge in [-0.25, -0.2) is 4.79 Å². The maximum absolute atomic E-state index is 12.9. The molecule has 1 N–H and O–H groups in total. The molecule has 0 saturated heterocycles. The highest BCUT2D eigenvalue weighted by atomic mass is 79.9. The number of ether oxygens (including phenoxy) is 2. The van der Waals surface area contributed by atoms with Crippen LogP contribution in [0.5, 0.6) is 5.75 Å². The molecule has 2 heterocycles. The van der Waals surface area contributed by atoms with E-state index in [0.29, 0.717) is 34.7 Å². The molecule has 36 heavy (non-hydrogen) atoms. The zero-order valence-electron chi connectivity index (χ0n) is 20.3. The Morgan fingerprint density at radius 3 is 2.67 bits per heavy atom. The third-order valence-corrected chi connectivity index (χ3v) is 8.48. The smallest absolute Gasteiger partial charge is 0.341 e. The topological polar surface area (TPSA) is 95.3 Å². The molecule has 1 amide bonds. The van der Waals surface area contributed by atoms with Crippen LogP contribution in [0.3, 0.4) is 0 Å². The first-order chi connectivity index (χ1) is 17.5. The largest absolute Gasteiger partial charge is 0.486 e. The minimum absolute atomic E-state index is 0.149. The first-order valence-electron chi connectivity index (χ1n) is 12.0. The van der Waals surface area contributed by atoms with E-state index in [1.807, 2.05) is 35.8 Å². The van der Waals surface area contributed by atoms with Crippen molar-refractivity contribution in [1.82, 2.24) is 14.8 Å². The van der Waals surface area contributed by atoms with Crippen molar-refractivity contribution in [1.29, 1.82) is 0 Å². The van der Waals surface area contributed by atoms with Crippen molar-refractivity contribution in [3.8, 4) is 5.75 Å². The lowest BCUT2D eigenvalue weighted by Crippen LogP contribution is -2.17. The van der Waals surface area contributed by atoms with Gasteiger partial charge >= 0.3 is 5.97 Å².